The van der Waals surface area contributed by atoms with Gasteiger partial charge in [0.25, 0.3) is 0 Å². The number of carboxylic acid groups (broad SMARTS) is 1. The standard InChI is InChI=1S/C11H23NO2/c1-4-7-10(8-5-2)12(6-3)9-11(13)14/h10H,4-9H2,1-3H3,(H,13,14). The Hall–Kier alpha value is -0.570. The van der Waals surface area contributed by atoms with Crippen molar-refractivity contribution in [3.05, 3.63) is 0 Å². The van der Waals surface area contributed by atoms with Gasteiger partial charge >= 0.3 is 5.97 Å². The van der Waals surface area contributed by atoms with Gasteiger partial charge in [-0.25, -0.2) is 0 Å². The van der Waals surface area contributed by atoms with Gasteiger partial charge in [-0.3, -0.25) is 9.69 Å². The van der Waals surface area contributed by atoms with E-state index in [9.17, 15) is 4.79 Å². The summed E-state index contributed by atoms with van der Waals surface area (Å²) in [6, 6.07) is 0.450. The van der Waals surface area contributed by atoms with E-state index in [0.29, 0.717) is 6.04 Å². The maximum atomic E-state index is 10.6. The average Bonchev–Trinajstić information content (AvgIpc) is 2.13. The normalized spacial score (nSPS) is 11.2. The smallest absolute Gasteiger partial charge is 0.317 e. The first-order valence-corrected chi connectivity index (χ1v) is 5.61. The summed E-state index contributed by atoms with van der Waals surface area (Å²) in [5.41, 5.74) is 0. The molecule has 3 nitrogen and oxygen atoms in total. The van der Waals surface area contributed by atoms with E-state index < -0.39 is 5.97 Å². The maximum Gasteiger partial charge on any atom is 0.317 e. The van der Waals surface area contributed by atoms with Crippen molar-refractivity contribution in [3.8, 4) is 0 Å². The van der Waals surface area contributed by atoms with Crippen LogP contribution in [-0.4, -0.2) is 35.1 Å². The van der Waals surface area contributed by atoms with E-state index in [1.165, 1.54) is 0 Å². The van der Waals surface area contributed by atoms with Crippen molar-refractivity contribution < 1.29 is 9.90 Å². The Labute approximate surface area is 87.1 Å². The molecule has 0 aromatic carbocycles. The number of hydrogen-bond acceptors (Lipinski definition) is 2. The molecule has 0 aromatic rings. The lowest BCUT2D eigenvalue weighted by atomic mass is 10.0. The summed E-state index contributed by atoms with van der Waals surface area (Å²) >= 11 is 0. The van der Waals surface area contributed by atoms with Crippen molar-refractivity contribution in [3.63, 3.8) is 0 Å². The third-order valence-electron chi connectivity index (χ3n) is 2.50. The molecule has 0 fully saturated rings. The predicted molar refractivity (Wildman–Crippen MR) is 58.5 cm³/mol. The monoisotopic (exact) mass is 201 g/mol. The van der Waals surface area contributed by atoms with Gasteiger partial charge in [-0.15, -0.1) is 0 Å². The van der Waals surface area contributed by atoms with Gasteiger partial charge in [-0.2, -0.15) is 0 Å². The van der Waals surface area contributed by atoms with E-state index in [1.807, 2.05) is 6.92 Å². The zero-order valence-electron chi connectivity index (χ0n) is 9.62. The molecule has 0 spiro atoms. The van der Waals surface area contributed by atoms with Crippen molar-refractivity contribution >= 4 is 5.97 Å². The van der Waals surface area contributed by atoms with Crippen LogP contribution in [0, 0.1) is 0 Å². The molecule has 0 amide bonds. The van der Waals surface area contributed by atoms with Crippen LogP contribution in [0.1, 0.15) is 46.5 Å². The number of nitrogens with zero attached hydrogens (tertiary/aromatic N) is 1. The molecule has 0 aliphatic rings. The minimum Gasteiger partial charge on any atom is -0.480 e. The van der Waals surface area contributed by atoms with E-state index in [0.717, 1.165) is 32.2 Å². The summed E-state index contributed by atoms with van der Waals surface area (Å²) in [5, 5.41) is 8.76. The van der Waals surface area contributed by atoms with Gasteiger partial charge in [0, 0.05) is 6.04 Å². The summed E-state index contributed by atoms with van der Waals surface area (Å²) in [5.74, 6) is -0.718. The van der Waals surface area contributed by atoms with Crippen LogP contribution in [0.4, 0.5) is 0 Å². The molecule has 0 saturated heterocycles. The fourth-order valence-electron chi connectivity index (χ4n) is 1.85. The number of carbonyl (C=O) groups is 1. The molecule has 0 atom stereocenters. The van der Waals surface area contributed by atoms with E-state index >= 15 is 0 Å². The first-order chi connectivity index (χ1) is 6.65. The van der Waals surface area contributed by atoms with Crippen molar-refractivity contribution in [1.82, 2.24) is 4.90 Å². The Kier molecular flexibility index (Phi) is 7.48. The Bertz CT molecular complexity index is 153. The SMILES string of the molecule is CCCC(CCC)N(CC)CC(=O)O. The molecule has 0 aromatic heterocycles. The predicted octanol–water partition coefficient (Wildman–Crippen LogP) is 2.36. The Balaban J connectivity index is 4.16. The van der Waals surface area contributed by atoms with E-state index in [2.05, 4.69) is 18.7 Å². The molecule has 0 aliphatic carbocycles. The van der Waals surface area contributed by atoms with Gasteiger partial charge in [0.1, 0.15) is 0 Å². The van der Waals surface area contributed by atoms with Crippen LogP contribution < -0.4 is 0 Å². The summed E-state index contributed by atoms with van der Waals surface area (Å²) in [6.07, 6.45) is 4.46. The number of likely N-dealkylation sites (N-methyl/N-ethyl adjacent to an activating group) is 1. The summed E-state index contributed by atoms with van der Waals surface area (Å²) in [7, 11) is 0. The van der Waals surface area contributed by atoms with Crippen LogP contribution in [0.2, 0.25) is 0 Å². The highest BCUT2D eigenvalue weighted by Gasteiger charge is 2.17. The molecule has 0 unspecified atom stereocenters. The number of hydrogen-bond donors (Lipinski definition) is 1. The third-order valence-corrected chi connectivity index (χ3v) is 2.50. The molecule has 0 bridgehead atoms. The van der Waals surface area contributed by atoms with E-state index in [4.69, 9.17) is 5.11 Å². The van der Waals surface area contributed by atoms with Gasteiger partial charge in [0.15, 0.2) is 0 Å². The van der Waals surface area contributed by atoms with Crippen LogP contribution >= 0.6 is 0 Å². The first kappa shape index (κ1) is 13.4. The summed E-state index contributed by atoms with van der Waals surface area (Å²) < 4.78 is 0. The average molecular weight is 201 g/mol. The molecule has 0 aliphatic heterocycles. The first-order valence-electron chi connectivity index (χ1n) is 5.61. The zero-order valence-corrected chi connectivity index (χ0v) is 9.62. The number of aliphatic carboxylic acids is 1. The lowest BCUT2D eigenvalue weighted by molar-refractivity contribution is -0.139. The molecule has 0 radical (unpaired) electrons. The minimum atomic E-state index is -0.718. The van der Waals surface area contributed by atoms with Crippen molar-refractivity contribution in [2.45, 2.75) is 52.5 Å². The highest BCUT2D eigenvalue weighted by atomic mass is 16.4. The Morgan fingerprint density at radius 1 is 1.21 bits per heavy atom. The molecule has 0 saturated carbocycles. The Morgan fingerprint density at radius 3 is 2.00 bits per heavy atom. The molecule has 3 heteroatoms. The molecular weight excluding hydrogens is 178 g/mol. The quantitative estimate of drug-likeness (QED) is 0.655. The minimum absolute atomic E-state index is 0.182. The van der Waals surface area contributed by atoms with Crippen molar-refractivity contribution in [2.75, 3.05) is 13.1 Å². The van der Waals surface area contributed by atoms with Gasteiger partial charge in [0.05, 0.1) is 6.54 Å². The zero-order chi connectivity index (χ0) is 11.0. The lowest BCUT2D eigenvalue weighted by Gasteiger charge is -2.28. The molecule has 0 heterocycles. The number of rotatable bonds is 8. The second-order valence-corrected chi connectivity index (χ2v) is 3.69. The lowest BCUT2D eigenvalue weighted by Crippen LogP contribution is -2.38. The molecule has 1 N–H and O–H groups in total. The van der Waals surface area contributed by atoms with Crippen LogP contribution in [-0.2, 0) is 4.79 Å². The fraction of sp³-hybridized carbons (Fsp3) is 0.909. The van der Waals surface area contributed by atoms with E-state index in [1.54, 1.807) is 0 Å². The molecule has 84 valence electrons. The van der Waals surface area contributed by atoms with Crippen molar-refractivity contribution in [2.24, 2.45) is 0 Å². The maximum absolute atomic E-state index is 10.6. The van der Waals surface area contributed by atoms with Crippen LogP contribution in [0.25, 0.3) is 0 Å². The summed E-state index contributed by atoms with van der Waals surface area (Å²) in [4.78, 5) is 12.7. The second-order valence-electron chi connectivity index (χ2n) is 3.69. The second kappa shape index (κ2) is 7.80. The largest absolute Gasteiger partial charge is 0.480 e. The Morgan fingerprint density at radius 2 is 1.71 bits per heavy atom. The van der Waals surface area contributed by atoms with Gasteiger partial charge < -0.3 is 5.11 Å². The fourth-order valence-corrected chi connectivity index (χ4v) is 1.85. The highest BCUT2D eigenvalue weighted by Crippen LogP contribution is 2.12. The molecular formula is C11H23NO2. The van der Waals surface area contributed by atoms with Gasteiger partial charge in [0.2, 0.25) is 0 Å². The van der Waals surface area contributed by atoms with Crippen LogP contribution in [0.15, 0.2) is 0 Å². The third kappa shape index (κ3) is 5.22. The number of carboxylic acids is 1. The van der Waals surface area contributed by atoms with Crippen LogP contribution in [0.5, 0.6) is 0 Å². The molecule has 0 rings (SSSR count). The van der Waals surface area contributed by atoms with E-state index in [-0.39, 0.29) is 6.54 Å². The highest BCUT2D eigenvalue weighted by molar-refractivity contribution is 5.69. The molecule has 14 heavy (non-hydrogen) atoms. The van der Waals surface area contributed by atoms with Gasteiger partial charge in [-0.05, 0) is 19.4 Å². The van der Waals surface area contributed by atoms with Gasteiger partial charge in [-0.1, -0.05) is 33.6 Å². The van der Waals surface area contributed by atoms with Crippen molar-refractivity contribution in [1.29, 1.82) is 0 Å². The topological polar surface area (TPSA) is 40.5 Å². The summed E-state index contributed by atoms with van der Waals surface area (Å²) in [6.45, 7) is 7.34. The van der Waals surface area contributed by atoms with Crippen LogP contribution in [0.3, 0.4) is 0 Å².